The highest BCUT2D eigenvalue weighted by Crippen LogP contribution is 2.10. The van der Waals surface area contributed by atoms with Gasteiger partial charge < -0.3 is 10.5 Å². The summed E-state index contributed by atoms with van der Waals surface area (Å²) in [5, 5.41) is 0. The van der Waals surface area contributed by atoms with Crippen molar-refractivity contribution < 1.29 is 4.74 Å². The quantitative estimate of drug-likeness (QED) is 0.566. The standard InChI is InChI=1S/C13H20N2O/c1-3-4-5-8-16-13-7-6-12(15-10-13)9-11(2)14/h3,6-7,10-11H,1,4-5,8-9,14H2,2H3. The summed E-state index contributed by atoms with van der Waals surface area (Å²) < 4.78 is 5.53. The van der Waals surface area contributed by atoms with Gasteiger partial charge in [0.2, 0.25) is 0 Å². The van der Waals surface area contributed by atoms with Crippen LogP contribution in [0.25, 0.3) is 0 Å². The molecule has 1 aromatic rings. The Morgan fingerprint density at radius 1 is 1.56 bits per heavy atom. The number of hydrogen-bond acceptors (Lipinski definition) is 3. The Morgan fingerprint density at radius 3 is 2.94 bits per heavy atom. The minimum atomic E-state index is 0.145. The van der Waals surface area contributed by atoms with Crippen LogP contribution >= 0.6 is 0 Å². The highest BCUT2D eigenvalue weighted by molar-refractivity contribution is 5.20. The van der Waals surface area contributed by atoms with Crippen molar-refractivity contribution in [3.8, 4) is 5.75 Å². The lowest BCUT2D eigenvalue weighted by atomic mass is 10.2. The molecule has 0 aliphatic rings. The third-order valence-corrected chi connectivity index (χ3v) is 2.15. The fourth-order valence-corrected chi connectivity index (χ4v) is 1.36. The number of unbranched alkanes of at least 4 members (excludes halogenated alkanes) is 1. The molecule has 3 nitrogen and oxygen atoms in total. The zero-order valence-corrected chi connectivity index (χ0v) is 9.86. The van der Waals surface area contributed by atoms with Crippen LogP contribution < -0.4 is 10.5 Å². The maximum atomic E-state index is 5.70. The molecule has 3 heteroatoms. The second-order valence-electron chi connectivity index (χ2n) is 3.95. The molecule has 88 valence electrons. The van der Waals surface area contributed by atoms with Gasteiger partial charge in [-0.15, -0.1) is 6.58 Å². The van der Waals surface area contributed by atoms with Crippen molar-refractivity contribution in [1.82, 2.24) is 4.98 Å². The number of hydrogen-bond donors (Lipinski definition) is 1. The first kappa shape index (κ1) is 12.7. The maximum Gasteiger partial charge on any atom is 0.137 e. The van der Waals surface area contributed by atoms with Gasteiger partial charge in [0.15, 0.2) is 0 Å². The Morgan fingerprint density at radius 2 is 2.38 bits per heavy atom. The molecular formula is C13H20N2O. The van der Waals surface area contributed by atoms with E-state index in [0.717, 1.165) is 30.7 Å². The first-order valence-electron chi connectivity index (χ1n) is 5.66. The van der Waals surface area contributed by atoms with Crippen molar-refractivity contribution in [3.63, 3.8) is 0 Å². The molecule has 1 unspecified atom stereocenters. The third kappa shape index (κ3) is 4.94. The van der Waals surface area contributed by atoms with E-state index in [1.807, 2.05) is 25.1 Å². The number of ether oxygens (including phenoxy) is 1. The largest absolute Gasteiger partial charge is 0.492 e. The van der Waals surface area contributed by atoms with E-state index in [0.29, 0.717) is 6.61 Å². The van der Waals surface area contributed by atoms with E-state index in [4.69, 9.17) is 10.5 Å². The Kier molecular flexibility index (Phi) is 5.57. The summed E-state index contributed by atoms with van der Waals surface area (Å²) in [7, 11) is 0. The van der Waals surface area contributed by atoms with Crippen LogP contribution in [0.1, 0.15) is 25.5 Å². The normalized spacial score (nSPS) is 12.1. The van der Waals surface area contributed by atoms with E-state index in [2.05, 4.69) is 11.6 Å². The lowest BCUT2D eigenvalue weighted by molar-refractivity contribution is 0.310. The van der Waals surface area contributed by atoms with Crippen molar-refractivity contribution in [3.05, 3.63) is 36.7 Å². The molecular weight excluding hydrogens is 200 g/mol. The second kappa shape index (κ2) is 7.01. The summed E-state index contributed by atoms with van der Waals surface area (Å²) in [4.78, 5) is 4.29. The number of rotatable bonds is 7. The Hall–Kier alpha value is -1.35. The van der Waals surface area contributed by atoms with Gasteiger partial charge in [-0.1, -0.05) is 6.08 Å². The number of allylic oxidation sites excluding steroid dienone is 1. The van der Waals surface area contributed by atoms with Gasteiger partial charge in [-0.3, -0.25) is 4.98 Å². The molecule has 0 bridgehead atoms. The molecule has 16 heavy (non-hydrogen) atoms. The first-order valence-corrected chi connectivity index (χ1v) is 5.66. The summed E-state index contributed by atoms with van der Waals surface area (Å²) in [6.45, 7) is 6.35. The lowest BCUT2D eigenvalue weighted by Gasteiger charge is -2.07. The van der Waals surface area contributed by atoms with Crippen LogP contribution in [0.2, 0.25) is 0 Å². The minimum absolute atomic E-state index is 0.145. The lowest BCUT2D eigenvalue weighted by Crippen LogP contribution is -2.18. The predicted octanol–water partition coefficient (Wildman–Crippen LogP) is 2.32. The Bertz CT molecular complexity index is 306. The summed E-state index contributed by atoms with van der Waals surface area (Å²) in [5.74, 6) is 0.817. The van der Waals surface area contributed by atoms with Crippen LogP contribution in [0.15, 0.2) is 31.0 Å². The smallest absolute Gasteiger partial charge is 0.137 e. The van der Waals surface area contributed by atoms with Crippen LogP contribution in [0.5, 0.6) is 5.75 Å². The fourth-order valence-electron chi connectivity index (χ4n) is 1.36. The first-order chi connectivity index (χ1) is 7.72. The van der Waals surface area contributed by atoms with Crippen LogP contribution in [-0.2, 0) is 6.42 Å². The van der Waals surface area contributed by atoms with Crippen molar-refractivity contribution in [2.45, 2.75) is 32.2 Å². The Balaban J connectivity index is 2.36. The van der Waals surface area contributed by atoms with Crippen LogP contribution in [-0.4, -0.2) is 17.6 Å². The molecule has 1 heterocycles. The van der Waals surface area contributed by atoms with E-state index in [-0.39, 0.29) is 6.04 Å². The van der Waals surface area contributed by atoms with Gasteiger partial charge in [0.25, 0.3) is 0 Å². The molecule has 0 aliphatic heterocycles. The zero-order chi connectivity index (χ0) is 11.8. The van der Waals surface area contributed by atoms with Crippen LogP contribution in [0, 0.1) is 0 Å². The molecule has 0 aromatic carbocycles. The number of aromatic nitrogens is 1. The van der Waals surface area contributed by atoms with E-state index in [9.17, 15) is 0 Å². The van der Waals surface area contributed by atoms with Gasteiger partial charge in [-0.2, -0.15) is 0 Å². The highest BCUT2D eigenvalue weighted by atomic mass is 16.5. The van der Waals surface area contributed by atoms with Gasteiger partial charge >= 0.3 is 0 Å². The SMILES string of the molecule is C=CCCCOc1ccc(CC(C)N)nc1. The van der Waals surface area contributed by atoms with Crippen LogP contribution in [0.4, 0.5) is 0 Å². The average molecular weight is 220 g/mol. The molecule has 1 atom stereocenters. The van der Waals surface area contributed by atoms with E-state index in [1.165, 1.54) is 0 Å². The van der Waals surface area contributed by atoms with E-state index < -0.39 is 0 Å². The molecule has 0 amide bonds. The fraction of sp³-hybridized carbons (Fsp3) is 0.462. The summed E-state index contributed by atoms with van der Waals surface area (Å²) in [5.41, 5.74) is 6.70. The zero-order valence-electron chi connectivity index (χ0n) is 9.86. The maximum absolute atomic E-state index is 5.70. The van der Waals surface area contributed by atoms with Crippen molar-refractivity contribution in [2.75, 3.05) is 6.61 Å². The second-order valence-corrected chi connectivity index (χ2v) is 3.95. The number of nitrogens with zero attached hydrogens (tertiary/aromatic N) is 1. The van der Waals surface area contributed by atoms with Gasteiger partial charge in [-0.05, 0) is 31.9 Å². The van der Waals surface area contributed by atoms with Gasteiger partial charge in [0.1, 0.15) is 5.75 Å². The van der Waals surface area contributed by atoms with Gasteiger partial charge in [0.05, 0.1) is 12.8 Å². The highest BCUT2D eigenvalue weighted by Gasteiger charge is 2.00. The van der Waals surface area contributed by atoms with Crippen LogP contribution in [0.3, 0.4) is 0 Å². The molecule has 0 saturated carbocycles. The Labute approximate surface area is 97.3 Å². The molecule has 2 N–H and O–H groups in total. The monoisotopic (exact) mass is 220 g/mol. The van der Waals surface area contributed by atoms with Crippen molar-refractivity contribution in [1.29, 1.82) is 0 Å². The topological polar surface area (TPSA) is 48.1 Å². The molecule has 0 aliphatic carbocycles. The molecule has 1 aromatic heterocycles. The molecule has 0 saturated heterocycles. The minimum Gasteiger partial charge on any atom is -0.492 e. The molecule has 0 radical (unpaired) electrons. The van der Waals surface area contributed by atoms with Gasteiger partial charge in [-0.25, -0.2) is 0 Å². The molecule has 1 rings (SSSR count). The van der Waals surface area contributed by atoms with Crippen molar-refractivity contribution in [2.24, 2.45) is 5.73 Å². The van der Waals surface area contributed by atoms with Gasteiger partial charge in [0, 0.05) is 18.2 Å². The predicted molar refractivity (Wildman–Crippen MR) is 66.5 cm³/mol. The molecule has 0 fully saturated rings. The number of nitrogens with two attached hydrogens (primary N) is 1. The summed E-state index contributed by atoms with van der Waals surface area (Å²) >= 11 is 0. The van der Waals surface area contributed by atoms with Crippen molar-refractivity contribution >= 4 is 0 Å². The average Bonchev–Trinajstić information content (AvgIpc) is 2.26. The van der Waals surface area contributed by atoms with E-state index in [1.54, 1.807) is 6.20 Å². The number of pyridine rings is 1. The summed E-state index contributed by atoms with van der Waals surface area (Å²) in [6.07, 6.45) is 6.43. The van der Waals surface area contributed by atoms with E-state index >= 15 is 0 Å². The third-order valence-electron chi connectivity index (χ3n) is 2.15. The molecule has 0 spiro atoms. The summed E-state index contributed by atoms with van der Waals surface area (Å²) in [6, 6.07) is 4.05.